The Bertz CT molecular complexity index is 625. The van der Waals surface area contributed by atoms with Crippen LogP contribution in [-0.4, -0.2) is 31.1 Å². The molecule has 1 heterocycles. The number of rotatable bonds is 17. The number of ether oxygens (including phenoxy) is 3. The van der Waals surface area contributed by atoms with Gasteiger partial charge in [0, 0.05) is 6.42 Å². The Morgan fingerprint density at radius 1 is 0.844 bits per heavy atom. The van der Waals surface area contributed by atoms with Gasteiger partial charge >= 0.3 is 5.97 Å². The maximum absolute atomic E-state index is 11.8. The first-order valence-corrected chi connectivity index (χ1v) is 12.3. The predicted octanol–water partition coefficient (Wildman–Crippen LogP) is 7.38. The van der Waals surface area contributed by atoms with Gasteiger partial charge in [-0.3, -0.25) is 4.79 Å². The van der Waals surface area contributed by atoms with E-state index >= 15 is 0 Å². The minimum absolute atomic E-state index is 0.145. The van der Waals surface area contributed by atoms with Crippen LogP contribution in [0.4, 0.5) is 0 Å². The third-order valence-electron chi connectivity index (χ3n) is 4.91. The van der Waals surface area contributed by atoms with Crippen LogP contribution in [0.1, 0.15) is 85.0 Å². The fourth-order valence-electron chi connectivity index (χ4n) is 3.18. The summed E-state index contributed by atoms with van der Waals surface area (Å²) in [5, 5.41) is 0. The number of unbranched alkanes of at least 4 members (excludes halogenated alkanes) is 3. The molecule has 0 aromatic heterocycles. The van der Waals surface area contributed by atoms with E-state index in [1.54, 1.807) is 0 Å². The largest absolute Gasteiger partial charge is 0.463 e. The first-order valence-electron chi connectivity index (χ1n) is 12.3. The molecule has 1 unspecified atom stereocenters. The second kappa shape index (κ2) is 18.6. The molecule has 4 nitrogen and oxygen atoms in total. The molecular formula is C28H44O4. The lowest BCUT2D eigenvalue weighted by Crippen LogP contribution is -2.25. The van der Waals surface area contributed by atoms with Crippen molar-refractivity contribution in [2.75, 3.05) is 13.2 Å². The number of carbonyl (C=O) groups is 1. The number of allylic oxidation sites excluding steroid dienone is 10. The lowest BCUT2D eigenvalue weighted by Gasteiger charge is -2.16. The van der Waals surface area contributed by atoms with Crippen LogP contribution in [0.3, 0.4) is 0 Å². The Morgan fingerprint density at radius 2 is 1.41 bits per heavy atom. The van der Waals surface area contributed by atoms with Crippen molar-refractivity contribution in [3.05, 3.63) is 60.8 Å². The molecular weight excluding hydrogens is 400 g/mol. The van der Waals surface area contributed by atoms with Gasteiger partial charge in [-0.05, 0) is 65.2 Å². The van der Waals surface area contributed by atoms with Gasteiger partial charge in [0.1, 0.15) is 12.7 Å². The quantitative estimate of drug-likeness (QED) is 0.133. The highest BCUT2D eigenvalue weighted by atomic mass is 16.7. The number of hydrogen-bond donors (Lipinski definition) is 0. The summed E-state index contributed by atoms with van der Waals surface area (Å²) in [6.45, 7) is 6.65. The van der Waals surface area contributed by atoms with Gasteiger partial charge in [-0.2, -0.15) is 0 Å². The minimum Gasteiger partial charge on any atom is -0.463 e. The molecule has 0 aromatic rings. The first kappa shape index (κ1) is 28.1. The van der Waals surface area contributed by atoms with Gasteiger partial charge in [-0.1, -0.05) is 74.1 Å². The van der Waals surface area contributed by atoms with Crippen LogP contribution < -0.4 is 0 Å². The maximum atomic E-state index is 11.8. The highest BCUT2D eigenvalue weighted by Gasteiger charge is 2.33. The van der Waals surface area contributed by atoms with Crippen molar-refractivity contribution in [2.45, 2.75) is 96.9 Å². The van der Waals surface area contributed by atoms with Crippen LogP contribution in [-0.2, 0) is 19.0 Å². The van der Waals surface area contributed by atoms with Gasteiger partial charge < -0.3 is 14.2 Å². The minimum atomic E-state index is -0.569. The molecule has 0 bridgehead atoms. The Hall–Kier alpha value is -1.91. The van der Waals surface area contributed by atoms with Gasteiger partial charge in [0.2, 0.25) is 0 Å². The Balaban J connectivity index is 1.89. The zero-order valence-electron chi connectivity index (χ0n) is 20.5. The van der Waals surface area contributed by atoms with Crippen LogP contribution in [0.15, 0.2) is 60.8 Å². The summed E-state index contributed by atoms with van der Waals surface area (Å²) in [7, 11) is 0. The van der Waals surface area contributed by atoms with Gasteiger partial charge in [0.05, 0.1) is 6.61 Å². The average Bonchev–Trinajstić information content (AvgIpc) is 3.12. The Morgan fingerprint density at radius 3 is 1.94 bits per heavy atom. The van der Waals surface area contributed by atoms with E-state index in [2.05, 4.69) is 67.7 Å². The van der Waals surface area contributed by atoms with E-state index in [4.69, 9.17) is 14.2 Å². The second-order valence-electron chi connectivity index (χ2n) is 8.44. The van der Waals surface area contributed by atoms with Crippen molar-refractivity contribution in [2.24, 2.45) is 0 Å². The zero-order valence-corrected chi connectivity index (χ0v) is 20.5. The van der Waals surface area contributed by atoms with Crippen LogP contribution in [0.2, 0.25) is 0 Å². The fraction of sp³-hybridized carbons (Fsp3) is 0.607. The summed E-state index contributed by atoms with van der Waals surface area (Å²) in [4.78, 5) is 11.8. The van der Waals surface area contributed by atoms with Crippen LogP contribution in [0, 0.1) is 0 Å². The molecule has 0 radical (unpaired) electrons. The molecule has 0 aromatic carbocycles. The first-order chi connectivity index (χ1) is 15.5. The molecule has 1 atom stereocenters. The Labute approximate surface area is 196 Å². The van der Waals surface area contributed by atoms with E-state index < -0.39 is 5.79 Å². The number of esters is 1. The fourth-order valence-corrected chi connectivity index (χ4v) is 3.18. The van der Waals surface area contributed by atoms with Gasteiger partial charge in [-0.25, -0.2) is 0 Å². The molecule has 0 N–H and O–H groups in total. The van der Waals surface area contributed by atoms with Gasteiger partial charge in [0.25, 0.3) is 0 Å². The highest BCUT2D eigenvalue weighted by Crippen LogP contribution is 2.22. The Kier molecular flexibility index (Phi) is 16.4. The summed E-state index contributed by atoms with van der Waals surface area (Å²) in [6.07, 6.45) is 31.7. The lowest BCUT2D eigenvalue weighted by molar-refractivity contribution is -0.158. The molecule has 1 rings (SSSR count). The SMILES string of the molecule is CCC=CCC=CCC=CCC=CCC=CCCCCCC(=O)OCC1COC(C)(C)O1. The lowest BCUT2D eigenvalue weighted by atomic mass is 10.1. The van der Waals surface area contributed by atoms with Crippen molar-refractivity contribution in [3.63, 3.8) is 0 Å². The molecule has 4 heteroatoms. The third-order valence-corrected chi connectivity index (χ3v) is 4.91. The van der Waals surface area contributed by atoms with Crippen molar-refractivity contribution in [1.29, 1.82) is 0 Å². The van der Waals surface area contributed by atoms with Crippen LogP contribution in [0.5, 0.6) is 0 Å². The van der Waals surface area contributed by atoms with Crippen molar-refractivity contribution >= 4 is 5.97 Å². The summed E-state index contributed by atoms with van der Waals surface area (Å²) in [5.41, 5.74) is 0. The molecule has 0 saturated carbocycles. The molecule has 180 valence electrons. The second-order valence-corrected chi connectivity index (χ2v) is 8.44. The molecule has 0 amide bonds. The maximum Gasteiger partial charge on any atom is 0.305 e. The molecule has 1 fully saturated rings. The molecule has 0 aliphatic carbocycles. The molecule has 32 heavy (non-hydrogen) atoms. The van der Waals surface area contributed by atoms with E-state index in [0.717, 1.165) is 57.8 Å². The summed E-state index contributed by atoms with van der Waals surface area (Å²) < 4.78 is 16.4. The molecule has 1 saturated heterocycles. The summed E-state index contributed by atoms with van der Waals surface area (Å²) >= 11 is 0. The van der Waals surface area contributed by atoms with Gasteiger partial charge in [-0.15, -0.1) is 0 Å². The monoisotopic (exact) mass is 444 g/mol. The van der Waals surface area contributed by atoms with E-state index in [1.807, 2.05) is 13.8 Å². The van der Waals surface area contributed by atoms with Crippen LogP contribution in [0.25, 0.3) is 0 Å². The summed E-state index contributed by atoms with van der Waals surface area (Å²) in [5.74, 6) is -0.714. The summed E-state index contributed by atoms with van der Waals surface area (Å²) in [6, 6.07) is 0. The average molecular weight is 445 g/mol. The van der Waals surface area contributed by atoms with E-state index in [1.165, 1.54) is 0 Å². The van der Waals surface area contributed by atoms with E-state index in [9.17, 15) is 4.79 Å². The van der Waals surface area contributed by atoms with Crippen molar-refractivity contribution < 1.29 is 19.0 Å². The number of hydrogen-bond acceptors (Lipinski definition) is 4. The highest BCUT2D eigenvalue weighted by molar-refractivity contribution is 5.69. The van der Waals surface area contributed by atoms with E-state index in [0.29, 0.717) is 13.0 Å². The van der Waals surface area contributed by atoms with Crippen LogP contribution >= 0.6 is 0 Å². The molecule has 1 aliphatic heterocycles. The zero-order chi connectivity index (χ0) is 23.3. The normalized spacial score (nSPS) is 18.9. The smallest absolute Gasteiger partial charge is 0.305 e. The van der Waals surface area contributed by atoms with Crippen molar-refractivity contribution in [1.82, 2.24) is 0 Å². The van der Waals surface area contributed by atoms with E-state index in [-0.39, 0.29) is 18.7 Å². The van der Waals surface area contributed by atoms with Gasteiger partial charge in [0.15, 0.2) is 5.79 Å². The topological polar surface area (TPSA) is 44.8 Å². The molecule has 0 spiro atoms. The number of carbonyl (C=O) groups excluding carboxylic acids is 1. The van der Waals surface area contributed by atoms with Crippen molar-refractivity contribution in [3.8, 4) is 0 Å². The standard InChI is InChI=1S/C28H44O4/c1-4-5-6-7-8-9-10-11-12-13-14-15-16-17-18-19-20-21-22-23-27(29)30-24-26-25-31-28(2,3)32-26/h5-6,8-9,11-12,14-15,17-18,26H,4,7,10,13,16,19-25H2,1-3H3. The molecule has 1 aliphatic rings. The third kappa shape index (κ3) is 16.7. The predicted molar refractivity (Wildman–Crippen MR) is 133 cm³/mol.